The van der Waals surface area contributed by atoms with Crippen molar-refractivity contribution in [3.63, 3.8) is 0 Å². The third-order valence-corrected chi connectivity index (χ3v) is 9.89. The second kappa shape index (κ2) is 6.90. The van der Waals surface area contributed by atoms with Crippen LogP contribution in [0.3, 0.4) is 0 Å². The molecule has 5 nitrogen and oxygen atoms in total. The summed E-state index contributed by atoms with van der Waals surface area (Å²) in [7, 11) is 0. The lowest BCUT2D eigenvalue weighted by Gasteiger charge is -2.60. The van der Waals surface area contributed by atoms with Crippen LogP contribution >= 0.6 is 0 Å². The summed E-state index contributed by atoms with van der Waals surface area (Å²) in [6.07, 6.45) is 7.30. The minimum atomic E-state index is -1.43. The van der Waals surface area contributed by atoms with Crippen LogP contribution < -0.4 is 0 Å². The van der Waals surface area contributed by atoms with E-state index in [1.54, 1.807) is 0 Å². The standard InChI is InChI=1S/C24H36O5/c1-14-11-20-18-6-5-16-12-17(26)7-9-22(16,3)19(18)8-10-23(20,4)24(14,28)21(27)13-29-15(2)25/h14,16,18-20,28H,5-13H2,1-4H3/t14?,16?,18-,19+,20+,22+,23+,24+/m1/s1. The Bertz CT molecular complexity index is 731. The van der Waals surface area contributed by atoms with Gasteiger partial charge in [-0.2, -0.15) is 0 Å². The summed E-state index contributed by atoms with van der Waals surface area (Å²) in [4.78, 5) is 36.3. The van der Waals surface area contributed by atoms with E-state index in [0.717, 1.165) is 44.9 Å². The van der Waals surface area contributed by atoms with Gasteiger partial charge in [-0.25, -0.2) is 0 Å². The van der Waals surface area contributed by atoms with Crippen LogP contribution in [0.4, 0.5) is 0 Å². The van der Waals surface area contributed by atoms with E-state index < -0.39 is 17.0 Å². The van der Waals surface area contributed by atoms with Crippen molar-refractivity contribution in [2.75, 3.05) is 6.61 Å². The van der Waals surface area contributed by atoms with Crippen LogP contribution in [0.25, 0.3) is 0 Å². The summed E-state index contributed by atoms with van der Waals surface area (Å²) in [6, 6.07) is 0. The summed E-state index contributed by atoms with van der Waals surface area (Å²) in [6.45, 7) is 7.44. The molecule has 8 atom stereocenters. The van der Waals surface area contributed by atoms with Gasteiger partial charge in [-0.05, 0) is 73.5 Å². The van der Waals surface area contributed by atoms with E-state index in [0.29, 0.717) is 35.9 Å². The molecule has 4 fully saturated rings. The fraction of sp³-hybridized carbons (Fsp3) is 0.875. The molecule has 162 valence electrons. The Hall–Kier alpha value is -1.23. The molecule has 0 aliphatic heterocycles. The second-order valence-electron chi connectivity index (χ2n) is 11.0. The largest absolute Gasteiger partial charge is 0.458 e. The molecule has 1 N–H and O–H groups in total. The Balaban J connectivity index is 1.62. The predicted molar refractivity (Wildman–Crippen MR) is 108 cm³/mol. The number of carbonyl (C=O) groups excluding carboxylic acids is 3. The first kappa shape index (κ1) is 21.0. The van der Waals surface area contributed by atoms with E-state index in [1.807, 2.05) is 6.92 Å². The lowest BCUT2D eigenvalue weighted by atomic mass is 9.44. The summed E-state index contributed by atoms with van der Waals surface area (Å²) in [5, 5.41) is 11.7. The van der Waals surface area contributed by atoms with E-state index in [2.05, 4.69) is 13.8 Å². The highest BCUT2D eigenvalue weighted by atomic mass is 16.5. The molecule has 0 aromatic rings. The lowest BCUT2D eigenvalue weighted by Crippen LogP contribution is -2.60. The van der Waals surface area contributed by atoms with Crippen LogP contribution in [0.2, 0.25) is 0 Å². The van der Waals surface area contributed by atoms with Gasteiger partial charge >= 0.3 is 5.97 Å². The average Bonchev–Trinajstić information content (AvgIpc) is 2.88. The number of fused-ring (bicyclic) bond motifs is 5. The zero-order valence-corrected chi connectivity index (χ0v) is 18.3. The maximum absolute atomic E-state index is 13.1. The number of rotatable bonds is 3. The summed E-state index contributed by atoms with van der Waals surface area (Å²) in [5.74, 6) is 1.33. The van der Waals surface area contributed by atoms with Gasteiger partial charge in [-0.15, -0.1) is 0 Å². The Morgan fingerprint density at radius 3 is 2.55 bits per heavy atom. The van der Waals surface area contributed by atoms with E-state index >= 15 is 0 Å². The van der Waals surface area contributed by atoms with Crippen molar-refractivity contribution < 1.29 is 24.2 Å². The van der Waals surface area contributed by atoms with Gasteiger partial charge in [-0.1, -0.05) is 20.8 Å². The molecule has 0 aromatic carbocycles. The molecule has 4 saturated carbocycles. The van der Waals surface area contributed by atoms with E-state index in [4.69, 9.17) is 4.74 Å². The predicted octanol–water partition coefficient (Wildman–Crippen LogP) is 3.71. The highest BCUT2D eigenvalue weighted by Crippen LogP contribution is 2.69. The normalized spacial score (nSPS) is 49.0. The zero-order valence-electron chi connectivity index (χ0n) is 18.3. The molecule has 0 saturated heterocycles. The molecule has 4 rings (SSSR count). The van der Waals surface area contributed by atoms with Crippen LogP contribution in [-0.2, 0) is 19.1 Å². The van der Waals surface area contributed by atoms with Crippen molar-refractivity contribution in [2.45, 2.75) is 84.7 Å². The summed E-state index contributed by atoms with van der Waals surface area (Å²) < 4.78 is 4.98. The van der Waals surface area contributed by atoms with E-state index in [9.17, 15) is 19.5 Å². The van der Waals surface area contributed by atoms with Gasteiger partial charge in [0.2, 0.25) is 5.78 Å². The third kappa shape index (κ3) is 2.86. The molecule has 0 aromatic heterocycles. The molecule has 4 aliphatic rings. The van der Waals surface area contributed by atoms with Crippen molar-refractivity contribution in [1.82, 2.24) is 0 Å². The van der Waals surface area contributed by atoms with Crippen molar-refractivity contribution in [1.29, 1.82) is 0 Å². The molecule has 0 bridgehead atoms. The van der Waals surface area contributed by atoms with Crippen LogP contribution in [0.1, 0.15) is 79.1 Å². The Morgan fingerprint density at radius 2 is 1.86 bits per heavy atom. The highest BCUT2D eigenvalue weighted by molar-refractivity contribution is 5.91. The first-order chi connectivity index (χ1) is 13.5. The summed E-state index contributed by atoms with van der Waals surface area (Å²) >= 11 is 0. The molecule has 0 amide bonds. The van der Waals surface area contributed by atoms with Gasteiger partial charge in [0.1, 0.15) is 11.4 Å². The number of ether oxygens (including phenoxy) is 1. The molecule has 5 heteroatoms. The number of esters is 1. The van der Waals surface area contributed by atoms with Crippen molar-refractivity contribution in [2.24, 2.45) is 40.4 Å². The molecule has 29 heavy (non-hydrogen) atoms. The molecular weight excluding hydrogens is 368 g/mol. The van der Waals surface area contributed by atoms with Gasteiger partial charge < -0.3 is 9.84 Å². The molecular formula is C24H36O5. The lowest BCUT2D eigenvalue weighted by molar-refractivity contribution is -0.179. The Labute approximate surface area is 174 Å². The number of ketones is 2. The van der Waals surface area contributed by atoms with E-state index in [1.165, 1.54) is 6.92 Å². The molecule has 0 radical (unpaired) electrons. The smallest absolute Gasteiger partial charge is 0.303 e. The van der Waals surface area contributed by atoms with Crippen LogP contribution in [0, 0.1) is 40.4 Å². The third-order valence-electron chi connectivity index (χ3n) is 9.89. The minimum Gasteiger partial charge on any atom is -0.458 e. The van der Waals surface area contributed by atoms with Crippen LogP contribution in [0.5, 0.6) is 0 Å². The molecule has 0 heterocycles. The minimum absolute atomic E-state index is 0.141. The van der Waals surface area contributed by atoms with Gasteiger partial charge in [0, 0.05) is 25.2 Å². The van der Waals surface area contributed by atoms with Gasteiger partial charge in [0.05, 0.1) is 0 Å². The van der Waals surface area contributed by atoms with Gasteiger partial charge in [0.25, 0.3) is 0 Å². The second-order valence-corrected chi connectivity index (χ2v) is 11.0. The first-order valence-electron chi connectivity index (χ1n) is 11.4. The molecule has 0 spiro atoms. The fourth-order valence-electron chi connectivity index (χ4n) is 8.26. The monoisotopic (exact) mass is 404 g/mol. The van der Waals surface area contributed by atoms with Crippen molar-refractivity contribution in [3.8, 4) is 0 Å². The summed E-state index contributed by atoms with van der Waals surface area (Å²) in [5.41, 5.74) is -1.69. The SMILES string of the molecule is CC(=O)OCC(=O)[C@@]1(O)C(C)C[C@H]2[C@@H]3CCC4CC(=O)CC[C@]4(C)[C@H]3CC[C@@]21C. The fourth-order valence-corrected chi connectivity index (χ4v) is 8.26. The average molecular weight is 405 g/mol. The number of aliphatic hydroxyl groups is 1. The van der Waals surface area contributed by atoms with Crippen molar-refractivity contribution >= 4 is 17.5 Å². The van der Waals surface area contributed by atoms with Gasteiger partial charge in [0.15, 0.2) is 6.61 Å². The Kier molecular flexibility index (Phi) is 5.00. The number of hydrogen-bond acceptors (Lipinski definition) is 5. The zero-order chi connectivity index (χ0) is 21.2. The quantitative estimate of drug-likeness (QED) is 0.725. The topological polar surface area (TPSA) is 80.7 Å². The molecule has 4 aliphatic carbocycles. The maximum atomic E-state index is 13.1. The first-order valence-corrected chi connectivity index (χ1v) is 11.4. The van der Waals surface area contributed by atoms with Gasteiger partial charge in [-0.3, -0.25) is 14.4 Å². The number of hydrogen-bond donors (Lipinski definition) is 1. The van der Waals surface area contributed by atoms with Crippen LogP contribution in [0.15, 0.2) is 0 Å². The molecule has 2 unspecified atom stereocenters. The number of Topliss-reactive ketones (excluding diaryl/α,β-unsaturated/α-hetero) is 2. The van der Waals surface area contributed by atoms with E-state index in [-0.39, 0.29) is 23.7 Å². The van der Waals surface area contributed by atoms with Crippen LogP contribution in [-0.4, -0.2) is 34.9 Å². The Morgan fingerprint density at radius 1 is 1.14 bits per heavy atom. The highest BCUT2D eigenvalue weighted by Gasteiger charge is 2.69. The van der Waals surface area contributed by atoms with Crippen molar-refractivity contribution in [3.05, 3.63) is 0 Å². The maximum Gasteiger partial charge on any atom is 0.303 e. The number of carbonyl (C=O) groups is 3.